The van der Waals surface area contributed by atoms with E-state index in [-0.39, 0.29) is 12.0 Å². The van der Waals surface area contributed by atoms with Crippen LogP contribution >= 0.6 is 16.4 Å². The van der Waals surface area contributed by atoms with E-state index in [0.29, 0.717) is 6.42 Å². The fourth-order valence-corrected chi connectivity index (χ4v) is 7.93. The minimum Gasteiger partial charge on any atom is -0.468 e. The summed E-state index contributed by atoms with van der Waals surface area (Å²) in [7, 11) is 3.52. The highest BCUT2D eigenvalue weighted by molar-refractivity contribution is 7.87. The van der Waals surface area contributed by atoms with Crippen molar-refractivity contribution in [2.75, 3.05) is 14.2 Å². The lowest BCUT2D eigenvalue weighted by atomic mass is 10.1. The van der Waals surface area contributed by atoms with E-state index in [9.17, 15) is 4.79 Å². The molecule has 0 fully saturated rings. The van der Waals surface area contributed by atoms with Crippen LogP contribution in [0.3, 0.4) is 0 Å². The average molecular weight is 561 g/mol. The molecule has 0 aromatic heterocycles. The van der Waals surface area contributed by atoms with Gasteiger partial charge in [-0.15, -0.1) is 0 Å². The van der Waals surface area contributed by atoms with Crippen LogP contribution in [0.4, 0.5) is 5.69 Å². The molecule has 6 heteroatoms. The minimum atomic E-state index is -2.31. The van der Waals surface area contributed by atoms with Crippen LogP contribution in [0.15, 0.2) is 120 Å². The summed E-state index contributed by atoms with van der Waals surface area (Å²) in [5.41, 5.74) is 1.96. The minimum absolute atomic E-state index is 0.251. The Kier molecular flexibility index (Phi) is 13.9. The predicted octanol–water partition coefficient (Wildman–Crippen LogP) is 7.35. The number of methoxy groups -OCH3 is 1. The van der Waals surface area contributed by atoms with Crippen LogP contribution in [0.25, 0.3) is 0 Å². The number of esters is 1. The third-order valence-corrected chi connectivity index (χ3v) is 10.0. The predicted molar refractivity (Wildman–Crippen MR) is 173 cm³/mol. The Balaban J connectivity index is 0.00000127. The molecular weight excluding hydrogens is 518 g/mol. The molecule has 0 bridgehead atoms. The largest absolute Gasteiger partial charge is 0.468 e. The van der Waals surface area contributed by atoms with Crippen LogP contribution in [0.1, 0.15) is 33.3 Å². The van der Waals surface area contributed by atoms with Gasteiger partial charge in [-0.1, -0.05) is 140 Å². The SMILES string of the molecule is CC.CC.COC(=O)[C@H](Cc1ccc(N=P(c2ccccc2)(c2ccccc2)c2ccccc2)cc1)N(C)P. The van der Waals surface area contributed by atoms with Crippen LogP contribution in [0.2, 0.25) is 0 Å². The van der Waals surface area contributed by atoms with Crippen molar-refractivity contribution in [3.63, 3.8) is 0 Å². The topological polar surface area (TPSA) is 41.9 Å². The van der Waals surface area contributed by atoms with E-state index in [4.69, 9.17) is 9.48 Å². The zero-order valence-corrected chi connectivity index (χ0v) is 26.0. The first-order valence-corrected chi connectivity index (χ1v) is 15.7. The highest BCUT2D eigenvalue weighted by Crippen LogP contribution is 2.49. The standard InChI is InChI=1S/C29H30N2O2P2.2C2H6/c1-31(34)28(29(32)33-2)22-23-18-20-24(21-19-23)30-35(25-12-6-3-7-13-25,26-14-8-4-9-15-26)27-16-10-5-11-17-27;2*1-2/h3-21,28H,22,34H2,1-2H3;2*1-2H3/t28-;;/m0../s1. The molecule has 4 aromatic rings. The van der Waals surface area contributed by atoms with E-state index in [1.807, 2.05) is 52.9 Å². The summed E-state index contributed by atoms with van der Waals surface area (Å²) < 4.78 is 12.3. The number of likely N-dealkylation sites (N-methyl/N-ethyl adjacent to an activating group) is 1. The molecule has 0 radical (unpaired) electrons. The maximum atomic E-state index is 12.2. The molecule has 39 heavy (non-hydrogen) atoms. The first kappa shape index (κ1) is 32.2. The summed E-state index contributed by atoms with van der Waals surface area (Å²) in [5.74, 6) is -0.251. The molecule has 0 spiro atoms. The van der Waals surface area contributed by atoms with Crippen molar-refractivity contribution in [1.29, 1.82) is 0 Å². The number of hydrogen-bond donors (Lipinski definition) is 0. The second-order valence-electron chi connectivity index (χ2n) is 8.32. The molecule has 4 nitrogen and oxygen atoms in total. The van der Waals surface area contributed by atoms with Crippen molar-refractivity contribution in [1.82, 2.24) is 4.67 Å². The van der Waals surface area contributed by atoms with Gasteiger partial charge in [0, 0.05) is 15.9 Å². The number of benzene rings is 4. The Labute approximate surface area is 237 Å². The summed E-state index contributed by atoms with van der Waals surface area (Å²) in [5, 5.41) is 3.62. The smallest absolute Gasteiger partial charge is 0.323 e. The van der Waals surface area contributed by atoms with Gasteiger partial charge in [0.2, 0.25) is 0 Å². The van der Waals surface area contributed by atoms with Gasteiger partial charge in [-0.2, -0.15) is 0 Å². The third kappa shape index (κ3) is 8.23. The zero-order chi connectivity index (χ0) is 28.7. The second-order valence-corrected chi connectivity index (χ2v) is 12.2. The van der Waals surface area contributed by atoms with Gasteiger partial charge in [0.15, 0.2) is 0 Å². The second kappa shape index (κ2) is 16.8. The van der Waals surface area contributed by atoms with E-state index in [0.717, 1.165) is 11.3 Å². The monoisotopic (exact) mass is 560 g/mol. The highest BCUT2D eigenvalue weighted by atomic mass is 31.2. The number of nitrogens with zero attached hydrogens (tertiary/aromatic N) is 2. The van der Waals surface area contributed by atoms with E-state index in [2.05, 4.69) is 106 Å². The molecule has 0 heterocycles. The van der Waals surface area contributed by atoms with Crippen molar-refractivity contribution in [3.8, 4) is 0 Å². The van der Waals surface area contributed by atoms with Crippen molar-refractivity contribution < 1.29 is 9.53 Å². The lowest BCUT2D eigenvalue weighted by Crippen LogP contribution is -2.35. The molecule has 0 N–H and O–H groups in total. The van der Waals surface area contributed by atoms with Gasteiger partial charge >= 0.3 is 5.97 Å². The normalized spacial score (nSPS) is 11.3. The number of carbonyl (C=O) groups is 1. The molecule has 1 unspecified atom stereocenters. The van der Waals surface area contributed by atoms with Gasteiger partial charge in [0.05, 0.1) is 19.9 Å². The molecular formula is C33H42N2O2P2. The van der Waals surface area contributed by atoms with Crippen LogP contribution in [-0.2, 0) is 16.0 Å². The van der Waals surface area contributed by atoms with E-state index >= 15 is 0 Å². The van der Waals surface area contributed by atoms with Gasteiger partial charge in [-0.25, -0.2) is 0 Å². The van der Waals surface area contributed by atoms with Crippen LogP contribution in [0.5, 0.6) is 0 Å². The quantitative estimate of drug-likeness (QED) is 0.167. The van der Waals surface area contributed by atoms with Gasteiger partial charge < -0.3 is 4.74 Å². The Hall–Kier alpha value is -3.03. The lowest BCUT2D eigenvalue weighted by molar-refractivity contribution is -0.144. The summed E-state index contributed by atoms with van der Waals surface area (Å²) in [6.45, 7) is 8.00. The molecule has 0 saturated carbocycles. The summed E-state index contributed by atoms with van der Waals surface area (Å²) in [4.78, 5) is 12.2. The van der Waals surface area contributed by atoms with Gasteiger partial charge in [0.25, 0.3) is 0 Å². The van der Waals surface area contributed by atoms with Crippen LogP contribution in [0, 0.1) is 0 Å². The third-order valence-electron chi connectivity index (χ3n) is 5.99. The maximum absolute atomic E-state index is 12.2. The Morgan fingerprint density at radius 1 is 0.744 bits per heavy atom. The average Bonchev–Trinajstić information content (AvgIpc) is 3.02. The van der Waals surface area contributed by atoms with E-state index in [1.54, 1.807) is 4.67 Å². The van der Waals surface area contributed by atoms with Gasteiger partial charge in [-0.3, -0.25) is 14.2 Å². The molecule has 0 amide bonds. The first-order valence-electron chi connectivity index (χ1n) is 13.5. The van der Waals surface area contributed by atoms with Crippen molar-refractivity contribution >= 4 is 44.0 Å². The number of ether oxygens (including phenoxy) is 1. The fourth-order valence-electron chi connectivity index (χ4n) is 4.18. The zero-order valence-electron chi connectivity index (χ0n) is 24.0. The molecule has 0 aliphatic rings. The molecule has 0 saturated heterocycles. The van der Waals surface area contributed by atoms with Gasteiger partial charge in [0.1, 0.15) is 6.04 Å². The summed E-state index contributed by atoms with van der Waals surface area (Å²) in [6.07, 6.45) is 0.559. The molecule has 4 aromatic carbocycles. The highest BCUT2D eigenvalue weighted by Gasteiger charge is 2.27. The maximum Gasteiger partial charge on any atom is 0.323 e. The van der Waals surface area contributed by atoms with E-state index in [1.165, 1.54) is 23.0 Å². The summed E-state index contributed by atoms with van der Waals surface area (Å²) in [6, 6.07) is 39.6. The fraction of sp³-hybridized carbons (Fsp3) is 0.242. The van der Waals surface area contributed by atoms with Crippen LogP contribution in [-0.4, -0.2) is 30.8 Å². The van der Waals surface area contributed by atoms with E-state index < -0.39 is 7.05 Å². The molecule has 2 atom stereocenters. The Morgan fingerprint density at radius 2 is 1.13 bits per heavy atom. The summed E-state index contributed by atoms with van der Waals surface area (Å²) >= 11 is 0. The van der Waals surface area contributed by atoms with Gasteiger partial charge in [-0.05, 0) is 31.2 Å². The molecule has 206 valence electrons. The number of carbonyl (C=O) groups excluding carboxylic acids is 1. The molecule has 4 rings (SSSR count). The molecule has 0 aliphatic heterocycles. The number of hydrogen-bond acceptors (Lipinski definition) is 4. The van der Waals surface area contributed by atoms with Crippen molar-refractivity contribution in [2.24, 2.45) is 4.74 Å². The van der Waals surface area contributed by atoms with Crippen molar-refractivity contribution in [3.05, 3.63) is 121 Å². The Bertz CT molecular complexity index is 1190. The lowest BCUT2D eigenvalue weighted by Gasteiger charge is -2.27. The van der Waals surface area contributed by atoms with Crippen LogP contribution < -0.4 is 15.9 Å². The Morgan fingerprint density at radius 3 is 1.46 bits per heavy atom. The van der Waals surface area contributed by atoms with Crippen molar-refractivity contribution in [2.45, 2.75) is 40.2 Å². The molecule has 0 aliphatic carbocycles. The first-order chi connectivity index (χ1) is 19.0. The number of rotatable bonds is 8.